The van der Waals surface area contributed by atoms with Gasteiger partial charge in [-0.2, -0.15) is 5.10 Å². The second kappa shape index (κ2) is 10.9. The zero-order valence-electron chi connectivity index (χ0n) is 17.8. The number of aromatic amines is 1. The number of carbonyl (C=O) groups is 1. The molecular formula is C24H16Cl3F2N5O. The molecule has 0 aliphatic rings. The van der Waals surface area contributed by atoms with Crippen molar-refractivity contribution in [1.82, 2.24) is 15.5 Å². The third-order valence-corrected chi connectivity index (χ3v) is 5.69. The minimum absolute atomic E-state index is 0.00916. The van der Waals surface area contributed by atoms with E-state index in [-0.39, 0.29) is 28.1 Å². The smallest absolute Gasteiger partial charge is 0.258 e. The van der Waals surface area contributed by atoms with Crippen molar-refractivity contribution in [3.05, 3.63) is 105 Å². The van der Waals surface area contributed by atoms with E-state index in [1.807, 2.05) is 6.07 Å². The van der Waals surface area contributed by atoms with Gasteiger partial charge in [-0.1, -0.05) is 53.0 Å². The van der Waals surface area contributed by atoms with Gasteiger partial charge in [0, 0.05) is 27.2 Å². The fourth-order valence-electron chi connectivity index (χ4n) is 3.05. The number of halogens is 5. The highest BCUT2D eigenvalue weighted by Gasteiger charge is 2.14. The largest absolute Gasteiger partial charge is 0.309 e. The number of aliphatic imine (C=N–C) groups is 1. The molecule has 1 aromatic heterocycles. The van der Waals surface area contributed by atoms with Gasteiger partial charge in [-0.3, -0.25) is 15.2 Å². The third-order valence-electron chi connectivity index (χ3n) is 4.80. The first-order valence-electron chi connectivity index (χ1n) is 10.1. The average molecular weight is 535 g/mol. The molecular weight excluding hydrogens is 519 g/mol. The lowest BCUT2D eigenvalue weighted by Crippen LogP contribution is -2.36. The van der Waals surface area contributed by atoms with Gasteiger partial charge < -0.3 is 5.32 Å². The van der Waals surface area contributed by atoms with Crippen LogP contribution >= 0.6 is 34.8 Å². The molecule has 11 heteroatoms. The van der Waals surface area contributed by atoms with Gasteiger partial charge in [0.1, 0.15) is 11.6 Å². The van der Waals surface area contributed by atoms with Crippen LogP contribution in [0.5, 0.6) is 0 Å². The lowest BCUT2D eigenvalue weighted by molar-refractivity contribution is 0.0976. The first-order valence-corrected chi connectivity index (χ1v) is 11.2. The molecule has 0 unspecified atom stereocenters. The highest BCUT2D eigenvalue weighted by atomic mass is 35.5. The molecule has 4 aromatic rings. The molecule has 0 saturated heterocycles. The Bertz CT molecular complexity index is 1420. The highest BCUT2D eigenvalue weighted by Crippen LogP contribution is 2.23. The number of hydrogen-bond acceptors (Lipinski definition) is 3. The molecule has 0 spiro atoms. The van der Waals surface area contributed by atoms with Crippen LogP contribution in [-0.2, 0) is 6.54 Å². The number of hydrogen-bond donors (Lipinski definition) is 3. The van der Waals surface area contributed by atoms with Crippen LogP contribution in [0.3, 0.4) is 0 Å². The van der Waals surface area contributed by atoms with Gasteiger partial charge in [-0.05, 0) is 48.0 Å². The van der Waals surface area contributed by atoms with E-state index in [1.54, 1.807) is 24.3 Å². The number of H-pyrrole nitrogens is 1. The van der Waals surface area contributed by atoms with Crippen LogP contribution in [0.4, 0.5) is 14.6 Å². The van der Waals surface area contributed by atoms with E-state index in [2.05, 4.69) is 25.8 Å². The van der Waals surface area contributed by atoms with Crippen molar-refractivity contribution in [1.29, 1.82) is 0 Å². The summed E-state index contributed by atoms with van der Waals surface area (Å²) in [4.78, 5) is 17.1. The van der Waals surface area contributed by atoms with Crippen molar-refractivity contribution in [2.45, 2.75) is 6.54 Å². The summed E-state index contributed by atoms with van der Waals surface area (Å²) >= 11 is 17.9. The van der Waals surface area contributed by atoms with Gasteiger partial charge in [0.25, 0.3) is 5.91 Å². The van der Waals surface area contributed by atoms with E-state index >= 15 is 0 Å². The minimum Gasteiger partial charge on any atom is -0.309 e. The molecule has 0 fully saturated rings. The van der Waals surface area contributed by atoms with Crippen molar-refractivity contribution in [2.75, 3.05) is 5.32 Å². The second-order valence-corrected chi connectivity index (χ2v) is 8.54. The van der Waals surface area contributed by atoms with Crippen LogP contribution in [0.25, 0.3) is 11.3 Å². The first-order chi connectivity index (χ1) is 16.8. The molecule has 3 aromatic carbocycles. The van der Waals surface area contributed by atoms with Gasteiger partial charge in [-0.25, -0.2) is 13.8 Å². The number of benzene rings is 3. The fraction of sp³-hybridized carbons (Fsp3) is 0.0417. The van der Waals surface area contributed by atoms with Gasteiger partial charge in [0.15, 0.2) is 5.82 Å². The van der Waals surface area contributed by atoms with Crippen molar-refractivity contribution >= 4 is 52.5 Å². The molecule has 0 bridgehead atoms. The second-order valence-electron chi connectivity index (χ2n) is 7.29. The number of amides is 1. The number of rotatable bonds is 5. The highest BCUT2D eigenvalue weighted by molar-refractivity contribution is 6.31. The molecule has 4 rings (SSSR count). The van der Waals surface area contributed by atoms with E-state index < -0.39 is 17.5 Å². The number of aromatic nitrogens is 2. The van der Waals surface area contributed by atoms with Crippen LogP contribution in [0.1, 0.15) is 15.9 Å². The summed E-state index contributed by atoms with van der Waals surface area (Å²) in [6.07, 6.45) is 0. The molecule has 35 heavy (non-hydrogen) atoms. The van der Waals surface area contributed by atoms with Crippen LogP contribution in [-0.4, -0.2) is 22.1 Å². The summed E-state index contributed by atoms with van der Waals surface area (Å²) < 4.78 is 27.2. The molecule has 0 saturated carbocycles. The molecule has 0 aliphatic carbocycles. The zero-order valence-corrected chi connectivity index (χ0v) is 20.0. The summed E-state index contributed by atoms with van der Waals surface area (Å²) in [6, 6.07) is 16.4. The van der Waals surface area contributed by atoms with Crippen LogP contribution in [0.15, 0.2) is 71.7 Å². The summed E-state index contributed by atoms with van der Waals surface area (Å²) in [5.41, 5.74) is 2.03. The van der Waals surface area contributed by atoms with Gasteiger partial charge in [-0.15, -0.1) is 0 Å². The molecule has 1 amide bonds. The van der Waals surface area contributed by atoms with E-state index in [9.17, 15) is 13.6 Å². The Hall–Kier alpha value is -3.46. The molecule has 1 heterocycles. The van der Waals surface area contributed by atoms with E-state index in [0.29, 0.717) is 22.1 Å². The van der Waals surface area contributed by atoms with Crippen LogP contribution in [0.2, 0.25) is 15.1 Å². The maximum absolute atomic E-state index is 13.8. The lowest BCUT2D eigenvalue weighted by atomic mass is 10.1. The Kier molecular flexibility index (Phi) is 7.65. The quantitative estimate of drug-likeness (QED) is 0.196. The third kappa shape index (κ3) is 6.36. The molecule has 0 atom stereocenters. The summed E-state index contributed by atoms with van der Waals surface area (Å²) in [5.74, 6) is -1.50. The molecule has 3 N–H and O–H groups in total. The van der Waals surface area contributed by atoms with E-state index in [0.717, 1.165) is 11.6 Å². The van der Waals surface area contributed by atoms with Crippen molar-refractivity contribution in [3.63, 3.8) is 0 Å². The topological polar surface area (TPSA) is 82.2 Å². The Morgan fingerprint density at radius 2 is 1.80 bits per heavy atom. The van der Waals surface area contributed by atoms with Crippen LogP contribution in [0, 0.1) is 11.6 Å². The van der Waals surface area contributed by atoms with E-state index in [1.165, 1.54) is 30.3 Å². The molecule has 0 aliphatic heterocycles. The first kappa shape index (κ1) is 24.7. The average Bonchev–Trinajstić information content (AvgIpc) is 3.28. The summed E-state index contributed by atoms with van der Waals surface area (Å²) in [6.45, 7) is 0.0161. The van der Waals surface area contributed by atoms with Gasteiger partial charge in [0.2, 0.25) is 5.96 Å². The lowest BCUT2D eigenvalue weighted by Gasteiger charge is -2.11. The number of nitrogens with zero attached hydrogens (tertiary/aromatic N) is 2. The Morgan fingerprint density at radius 1 is 0.971 bits per heavy atom. The summed E-state index contributed by atoms with van der Waals surface area (Å²) in [7, 11) is 0. The predicted molar refractivity (Wildman–Crippen MR) is 134 cm³/mol. The monoisotopic (exact) mass is 533 g/mol. The SMILES string of the molecule is O=C(NC(=NCc1ccc(F)cc1Cl)Nc1cc(-c2cccc(Cl)c2)[nH]n1)c1ccc(Cl)c(F)c1. The van der Waals surface area contributed by atoms with Crippen molar-refractivity contribution in [3.8, 4) is 11.3 Å². The Balaban J connectivity index is 1.59. The normalized spacial score (nSPS) is 11.4. The minimum atomic E-state index is -0.734. The number of nitrogens with one attached hydrogen (secondary N) is 3. The predicted octanol–water partition coefficient (Wildman–Crippen LogP) is 6.71. The Morgan fingerprint density at radius 3 is 2.54 bits per heavy atom. The number of guanidine groups is 1. The van der Waals surface area contributed by atoms with Crippen molar-refractivity contribution in [2.24, 2.45) is 4.99 Å². The number of anilines is 1. The zero-order chi connectivity index (χ0) is 24.9. The molecule has 6 nitrogen and oxygen atoms in total. The van der Waals surface area contributed by atoms with Crippen molar-refractivity contribution < 1.29 is 13.6 Å². The van der Waals surface area contributed by atoms with Gasteiger partial charge in [0.05, 0.1) is 17.3 Å². The molecule has 0 radical (unpaired) electrons. The summed E-state index contributed by atoms with van der Waals surface area (Å²) in [5, 5.41) is 13.2. The number of carbonyl (C=O) groups excluding carboxylic acids is 1. The molecule has 178 valence electrons. The van der Waals surface area contributed by atoms with Gasteiger partial charge >= 0.3 is 0 Å². The van der Waals surface area contributed by atoms with Crippen LogP contribution < -0.4 is 10.6 Å². The maximum Gasteiger partial charge on any atom is 0.258 e. The fourth-order valence-corrected chi connectivity index (χ4v) is 3.59. The standard InChI is InChI=1S/C24H16Cl3F2N5O/c25-16-3-1-2-13(8-16)21-11-22(34-33-21)31-24(30-12-15-4-6-17(28)10-19(15)27)32-23(35)14-5-7-18(26)20(29)9-14/h1-11H,12H2,(H3,30,31,32,33,34,35). The Labute approximate surface area is 213 Å². The maximum atomic E-state index is 13.8. The van der Waals surface area contributed by atoms with E-state index in [4.69, 9.17) is 34.8 Å².